The van der Waals surface area contributed by atoms with E-state index in [1.807, 2.05) is 32.1 Å². The van der Waals surface area contributed by atoms with Crippen LogP contribution in [0.1, 0.15) is 20.3 Å². The van der Waals surface area contributed by atoms with Crippen LogP contribution in [0.25, 0.3) is 0 Å². The van der Waals surface area contributed by atoms with E-state index < -0.39 is 0 Å². The molecule has 2 aliphatic rings. The van der Waals surface area contributed by atoms with E-state index >= 15 is 0 Å². The molecule has 1 saturated heterocycles. The topological polar surface area (TPSA) is 38.7 Å². The Hall–Kier alpha value is -0.640. The van der Waals surface area contributed by atoms with Gasteiger partial charge in [0.05, 0.1) is 19.8 Å². The van der Waals surface area contributed by atoms with Crippen molar-refractivity contribution in [1.29, 1.82) is 0 Å². The number of aliphatic hydroxyl groups excluding tert-OH is 1. The van der Waals surface area contributed by atoms with Crippen molar-refractivity contribution in [2.24, 2.45) is 11.3 Å². The molecule has 0 spiro atoms. The molecule has 3 heteroatoms. The third kappa shape index (κ3) is 2.21. The zero-order valence-corrected chi connectivity index (χ0v) is 9.98. The van der Waals surface area contributed by atoms with Crippen molar-refractivity contribution < 1.29 is 14.6 Å². The van der Waals surface area contributed by atoms with Gasteiger partial charge in [0, 0.05) is 5.41 Å². The Labute approximate surface area is 96.7 Å². The number of rotatable bonds is 3. The first-order chi connectivity index (χ1) is 7.72. The third-order valence-electron chi connectivity index (χ3n) is 3.57. The van der Waals surface area contributed by atoms with Crippen LogP contribution in [0, 0.1) is 11.3 Å². The average molecular weight is 224 g/mol. The normalized spacial score (nSPS) is 39.6. The van der Waals surface area contributed by atoms with Crippen molar-refractivity contribution >= 4 is 0 Å². The molecule has 2 rings (SSSR count). The first kappa shape index (κ1) is 11.8. The molecule has 1 aliphatic heterocycles. The zero-order chi connectivity index (χ0) is 11.6. The maximum Gasteiger partial charge on any atom is 0.179 e. The standard InChI is InChI=1S/C13H20O3/c1-3-4-5-10(2)12-15-7-11-6-13(11,8-14)9-16-12/h3-5,11-12,14H,6-9H2,1-2H3. The van der Waals surface area contributed by atoms with E-state index in [0.717, 1.165) is 12.0 Å². The van der Waals surface area contributed by atoms with Crippen molar-refractivity contribution in [2.75, 3.05) is 19.8 Å². The highest BCUT2D eigenvalue weighted by atomic mass is 16.7. The lowest BCUT2D eigenvalue weighted by molar-refractivity contribution is -0.114. The van der Waals surface area contributed by atoms with E-state index in [0.29, 0.717) is 19.1 Å². The predicted molar refractivity (Wildman–Crippen MR) is 61.9 cm³/mol. The fourth-order valence-corrected chi connectivity index (χ4v) is 2.17. The average Bonchev–Trinajstić information content (AvgIpc) is 3.00. The van der Waals surface area contributed by atoms with Gasteiger partial charge < -0.3 is 14.6 Å². The van der Waals surface area contributed by atoms with Gasteiger partial charge in [-0.3, -0.25) is 0 Å². The predicted octanol–water partition coefficient (Wildman–Crippen LogP) is 1.88. The Balaban J connectivity index is 1.95. The fraction of sp³-hybridized carbons (Fsp3) is 0.692. The van der Waals surface area contributed by atoms with E-state index in [9.17, 15) is 5.11 Å². The van der Waals surface area contributed by atoms with Crippen LogP contribution in [-0.4, -0.2) is 31.2 Å². The van der Waals surface area contributed by atoms with Crippen molar-refractivity contribution in [3.8, 4) is 0 Å². The van der Waals surface area contributed by atoms with Gasteiger partial charge in [-0.05, 0) is 31.8 Å². The second-order valence-corrected chi connectivity index (χ2v) is 4.83. The molecule has 16 heavy (non-hydrogen) atoms. The number of fused-ring (bicyclic) bond motifs is 1. The number of hydrogen-bond acceptors (Lipinski definition) is 3. The van der Waals surface area contributed by atoms with Crippen LogP contribution >= 0.6 is 0 Å². The molecule has 3 atom stereocenters. The Kier molecular flexibility index (Phi) is 3.47. The van der Waals surface area contributed by atoms with Gasteiger partial charge in [-0.15, -0.1) is 0 Å². The minimum atomic E-state index is -0.243. The Bertz CT molecular complexity index is 308. The lowest BCUT2D eigenvalue weighted by Gasteiger charge is -2.18. The third-order valence-corrected chi connectivity index (χ3v) is 3.57. The number of allylic oxidation sites excluding steroid dienone is 3. The Morgan fingerprint density at radius 3 is 3.00 bits per heavy atom. The largest absolute Gasteiger partial charge is 0.396 e. The summed E-state index contributed by atoms with van der Waals surface area (Å²) in [4.78, 5) is 0. The summed E-state index contributed by atoms with van der Waals surface area (Å²) in [6.07, 6.45) is 6.76. The molecule has 0 radical (unpaired) electrons. The molecule has 1 N–H and O–H groups in total. The maximum absolute atomic E-state index is 9.32. The molecule has 3 nitrogen and oxygen atoms in total. The fourth-order valence-electron chi connectivity index (χ4n) is 2.17. The summed E-state index contributed by atoms with van der Waals surface area (Å²) in [5, 5.41) is 9.32. The van der Waals surface area contributed by atoms with Crippen LogP contribution in [0.5, 0.6) is 0 Å². The van der Waals surface area contributed by atoms with E-state index in [4.69, 9.17) is 9.47 Å². The van der Waals surface area contributed by atoms with Crippen molar-refractivity contribution in [2.45, 2.75) is 26.6 Å². The number of aliphatic hydroxyl groups is 1. The van der Waals surface area contributed by atoms with Crippen LogP contribution < -0.4 is 0 Å². The highest BCUT2D eigenvalue weighted by Crippen LogP contribution is 2.54. The SMILES string of the molecule is CC=CC=C(C)C1OCC2CC2(CO)CO1. The second-order valence-electron chi connectivity index (χ2n) is 4.83. The summed E-state index contributed by atoms with van der Waals surface area (Å²) >= 11 is 0. The van der Waals surface area contributed by atoms with E-state index in [-0.39, 0.29) is 18.3 Å². The van der Waals surface area contributed by atoms with Crippen LogP contribution in [0.3, 0.4) is 0 Å². The minimum Gasteiger partial charge on any atom is -0.396 e. The zero-order valence-electron chi connectivity index (χ0n) is 9.98. The molecule has 0 amide bonds. The Morgan fingerprint density at radius 2 is 2.31 bits per heavy atom. The molecule has 3 unspecified atom stereocenters. The van der Waals surface area contributed by atoms with E-state index in [1.54, 1.807) is 0 Å². The molecular formula is C13H20O3. The molecule has 1 heterocycles. The second kappa shape index (κ2) is 4.70. The summed E-state index contributed by atoms with van der Waals surface area (Å²) in [7, 11) is 0. The summed E-state index contributed by atoms with van der Waals surface area (Å²) in [5.41, 5.74) is 1.07. The molecule has 90 valence electrons. The summed E-state index contributed by atoms with van der Waals surface area (Å²) in [5.74, 6) is 0.483. The lowest BCUT2D eigenvalue weighted by atomic mass is 10.1. The quantitative estimate of drug-likeness (QED) is 0.744. The summed E-state index contributed by atoms with van der Waals surface area (Å²) < 4.78 is 11.4. The molecule has 2 fully saturated rings. The van der Waals surface area contributed by atoms with E-state index in [2.05, 4.69) is 0 Å². The summed E-state index contributed by atoms with van der Waals surface area (Å²) in [6.45, 7) is 5.51. The van der Waals surface area contributed by atoms with Gasteiger partial charge in [-0.2, -0.15) is 0 Å². The van der Waals surface area contributed by atoms with Crippen LogP contribution in [0.15, 0.2) is 23.8 Å². The highest BCUT2D eigenvalue weighted by molar-refractivity contribution is 5.13. The molecule has 0 aromatic carbocycles. The molecule has 0 bridgehead atoms. The van der Waals surface area contributed by atoms with Gasteiger partial charge in [0.15, 0.2) is 6.29 Å². The summed E-state index contributed by atoms with van der Waals surface area (Å²) in [6, 6.07) is 0. The van der Waals surface area contributed by atoms with Gasteiger partial charge in [0.25, 0.3) is 0 Å². The maximum atomic E-state index is 9.32. The van der Waals surface area contributed by atoms with Crippen LogP contribution in [0.2, 0.25) is 0 Å². The number of ether oxygens (including phenoxy) is 2. The van der Waals surface area contributed by atoms with E-state index in [1.165, 1.54) is 0 Å². The van der Waals surface area contributed by atoms with Gasteiger partial charge in [0.1, 0.15) is 0 Å². The van der Waals surface area contributed by atoms with Crippen molar-refractivity contribution in [3.63, 3.8) is 0 Å². The molecule has 1 saturated carbocycles. The van der Waals surface area contributed by atoms with Crippen LogP contribution in [0.4, 0.5) is 0 Å². The van der Waals surface area contributed by atoms with Gasteiger partial charge in [-0.25, -0.2) is 0 Å². The lowest BCUT2D eigenvalue weighted by Crippen LogP contribution is -2.21. The Morgan fingerprint density at radius 1 is 1.50 bits per heavy atom. The molecule has 1 aliphatic carbocycles. The molecule has 0 aromatic heterocycles. The van der Waals surface area contributed by atoms with Gasteiger partial charge in [0.2, 0.25) is 0 Å². The number of hydrogen-bond donors (Lipinski definition) is 1. The highest BCUT2D eigenvalue weighted by Gasteiger charge is 2.55. The van der Waals surface area contributed by atoms with Gasteiger partial charge in [-0.1, -0.05) is 18.2 Å². The van der Waals surface area contributed by atoms with Crippen LogP contribution in [-0.2, 0) is 9.47 Å². The molecule has 0 aromatic rings. The van der Waals surface area contributed by atoms with Crippen molar-refractivity contribution in [1.82, 2.24) is 0 Å². The molecular weight excluding hydrogens is 204 g/mol. The van der Waals surface area contributed by atoms with Crippen molar-refractivity contribution in [3.05, 3.63) is 23.8 Å². The first-order valence-electron chi connectivity index (χ1n) is 5.85. The van der Waals surface area contributed by atoms with Gasteiger partial charge >= 0.3 is 0 Å². The smallest absolute Gasteiger partial charge is 0.179 e. The first-order valence-corrected chi connectivity index (χ1v) is 5.85. The monoisotopic (exact) mass is 224 g/mol. The minimum absolute atomic E-state index is 0.00434.